The molecule has 1 heterocycles. The second kappa shape index (κ2) is 14.8. The maximum Gasteiger partial charge on any atom is 0.328 e. The maximum atomic E-state index is 12.8. The zero-order chi connectivity index (χ0) is 30.9. The molecule has 0 unspecified atom stereocenters. The number of rotatable bonds is 12. The SMILES string of the molecule is COC(=O)[C@@H]1N(OC(C)=O)[C@H]([C@H](OC(C)=O)[C@H](OC(C)=O)[C@H](OC(C)=O)[C@H](COC(C)=O)OC(C)=O)SC1(C)C. The number of methoxy groups -OCH3 is 1. The summed E-state index contributed by atoms with van der Waals surface area (Å²) < 4.78 is 30.5. The van der Waals surface area contributed by atoms with Crippen LogP contribution >= 0.6 is 11.8 Å². The largest absolute Gasteiger partial charge is 0.468 e. The topological polar surface area (TPSA) is 187 Å². The first-order chi connectivity index (χ1) is 18.4. The summed E-state index contributed by atoms with van der Waals surface area (Å²) in [7, 11) is 1.13. The lowest BCUT2D eigenvalue weighted by atomic mass is 9.99. The molecule has 0 aromatic carbocycles. The maximum absolute atomic E-state index is 12.8. The fourth-order valence-electron chi connectivity index (χ4n) is 3.99. The summed E-state index contributed by atoms with van der Waals surface area (Å²) in [6, 6.07) is -1.23. The number of hydroxylamine groups is 2. The van der Waals surface area contributed by atoms with Gasteiger partial charge in [-0.05, 0) is 13.8 Å². The molecule has 1 fully saturated rings. The minimum atomic E-state index is -1.74. The fraction of sp³-hybridized carbons (Fsp3) is 0.708. The Morgan fingerprint density at radius 2 is 1.23 bits per heavy atom. The zero-order valence-corrected chi connectivity index (χ0v) is 24.6. The van der Waals surface area contributed by atoms with Crippen LogP contribution < -0.4 is 0 Å². The molecule has 0 aliphatic carbocycles. The average Bonchev–Trinajstić information content (AvgIpc) is 3.05. The van der Waals surface area contributed by atoms with Crippen molar-refractivity contribution >= 4 is 53.5 Å². The Bertz CT molecular complexity index is 998. The van der Waals surface area contributed by atoms with Gasteiger partial charge in [0.2, 0.25) is 0 Å². The van der Waals surface area contributed by atoms with Gasteiger partial charge in [-0.2, -0.15) is 0 Å². The minimum Gasteiger partial charge on any atom is -0.468 e. The van der Waals surface area contributed by atoms with Crippen LogP contribution in [0.5, 0.6) is 0 Å². The molecule has 0 bridgehead atoms. The predicted molar refractivity (Wildman–Crippen MR) is 134 cm³/mol. The molecule has 15 nitrogen and oxygen atoms in total. The molecular formula is C24H35NO14S. The molecule has 0 aromatic heterocycles. The van der Waals surface area contributed by atoms with Crippen molar-refractivity contribution in [1.29, 1.82) is 0 Å². The first-order valence-electron chi connectivity index (χ1n) is 12.0. The Hall–Kier alpha value is -3.40. The number of nitrogens with zero attached hydrogens (tertiary/aromatic N) is 1. The van der Waals surface area contributed by atoms with Crippen LogP contribution in [0, 0.1) is 0 Å². The highest BCUT2D eigenvalue weighted by atomic mass is 32.2. The summed E-state index contributed by atoms with van der Waals surface area (Å²) in [5.74, 6) is -6.03. The third-order valence-corrected chi connectivity index (χ3v) is 6.76. The Balaban J connectivity index is 3.87. The number of hydrogen-bond donors (Lipinski definition) is 0. The number of hydrogen-bond acceptors (Lipinski definition) is 16. The average molecular weight is 594 g/mol. The van der Waals surface area contributed by atoms with E-state index in [1.807, 2.05) is 0 Å². The minimum absolute atomic E-state index is 0.640. The van der Waals surface area contributed by atoms with E-state index in [4.69, 9.17) is 33.3 Å². The lowest BCUT2D eigenvalue weighted by molar-refractivity contribution is -0.231. The number of ether oxygens (including phenoxy) is 6. The van der Waals surface area contributed by atoms with Crippen molar-refractivity contribution in [3.63, 3.8) is 0 Å². The van der Waals surface area contributed by atoms with Crippen LogP contribution in [0.3, 0.4) is 0 Å². The third-order valence-electron chi connectivity index (χ3n) is 5.22. The summed E-state index contributed by atoms with van der Waals surface area (Å²) >= 11 is 1.00. The molecule has 226 valence electrons. The summed E-state index contributed by atoms with van der Waals surface area (Å²) in [5.41, 5.74) is 0. The molecular weight excluding hydrogens is 558 g/mol. The molecule has 0 spiro atoms. The first kappa shape index (κ1) is 34.6. The van der Waals surface area contributed by atoms with Crippen LogP contribution in [0.25, 0.3) is 0 Å². The summed E-state index contributed by atoms with van der Waals surface area (Å²) in [4.78, 5) is 90.4. The van der Waals surface area contributed by atoms with E-state index in [1.165, 1.54) is 0 Å². The van der Waals surface area contributed by atoms with Gasteiger partial charge in [0.25, 0.3) is 0 Å². The van der Waals surface area contributed by atoms with Crippen LogP contribution in [0.2, 0.25) is 0 Å². The normalized spacial score (nSPS) is 21.0. The highest BCUT2D eigenvalue weighted by Gasteiger charge is 2.60. The third kappa shape index (κ3) is 9.97. The first-order valence-corrected chi connectivity index (χ1v) is 12.8. The second-order valence-electron chi connectivity index (χ2n) is 9.15. The van der Waals surface area contributed by atoms with Gasteiger partial charge in [-0.1, -0.05) is 0 Å². The standard InChI is InChI=1S/C24H35NO14S/c1-11(26)34-10-17(35-12(2)27)18(36-13(3)28)19(37-14(4)29)20(38-15(5)30)22-25(39-16(6)31)21(23(32)33-9)24(7,8)40-22/h17-22H,10H2,1-9H3/t17-,18+,19+,20+,21-,22-/m0/s1. The van der Waals surface area contributed by atoms with E-state index >= 15 is 0 Å². The van der Waals surface area contributed by atoms with E-state index in [0.29, 0.717) is 0 Å². The number of carbonyl (C=O) groups excluding carboxylic acids is 7. The Kier molecular flexibility index (Phi) is 12.8. The van der Waals surface area contributed by atoms with Gasteiger partial charge in [0.15, 0.2) is 30.5 Å². The second-order valence-corrected chi connectivity index (χ2v) is 10.9. The lowest BCUT2D eigenvalue weighted by Gasteiger charge is -2.38. The van der Waals surface area contributed by atoms with Crippen molar-refractivity contribution in [2.45, 2.75) is 96.0 Å². The van der Waals surface area contributed by atoms with E-state index in [9.17, 15) is 33.6 Å². The van der Waals surface area contributed by atoms with E-state index in [2.05, 4.69) is 0 Å². The van der Waals surface area contributed by atoms with Crippen LogP contribution in [0.15, 0.2) is 0 Å². The van der Waals surface area contributed by atoms with E-state index in [0.717, 1.165) is 65.5 Å². The molecule has 0 aromatic rings. The van der Waals surface area contributed by atoms with Crippen molar-refractivity contribution in [2.24, 2.45) is 0 Å². The molecule has 1 aliphatic heterocycles. The number of thioether (sulfide) groups is 1. The van der Waals surface area contributed by atoms with Gasteiger partial charge in [-0.25, -0.2) is 0 Å². The molecule has 0 N–H and O–H groups in total. The Morgan fingerprint density at radius 3 is 1.65 bits per heavy atom. The molecule has 16 heteroatoms. The van der Waals surface area contributed by atoms with Gasteiger partial charge in [-0.15, -0.1) is 16.8 Å². The predicted octanol–water partition coefficient (Wildman–Crippen LogP) is 0.450. The van der Waals surface area contributed by atoms with Gasteiger partial charge in [0, 0.05) is 46.3 Å². The van der Waals surface area contributed by atoms with Crippen LogP contribution in [0.1, 0.15) is 55.4 Å². The van der Waals surface area contributed by atoms with Gasteiger partial charge in [-0.3, -0.25) is 33.6 Å². The van der Waals surface area contributed by atoms with Crippen molar-refractivity contribution in [3.8, 4) is 0 Å². The van der Waals surface area contributed by atoms with Crippen molar-refractivity contribution in [3.05, 3.63) is 0 Å². The smallest absolute Gasteiger partial charge is 0.328 e. The number of carbonyl (C=O) groups is 7. The van der Waals surface area contributed by atoms with Gasteiger partial charge < -0.3 is 33.3 Å². The Morgan fingerprint density at radius 1 is 0.725 bits per heavy atom. The van der Waals surface area contributed by atoms with Crippen molar-refractivity contribution < 1.29 is 66.8 Å². The van der Waals surface area contributed by atoms with E-state index in [1.54, 1.807) is 13.8 Å². The van der Waals surface area contributed by atoms with Crippen LogP contribution in [-0.4, -0.2) is 101 Å². The van der Waals surface area contributed by atoms with E-state index in [-0.39, 0.29) is 0 Å². The van der Waals surface area contributed by atoms with Crippen molar-refractivity contribution in [1.82, 2.24) is 5.06 Å². The fourth-order valence-corrected chi connectivity index (χ4v) is 5.56. The Labute approximate surface area is 235 Å². The highest BCUT2D eigenvalue weighted by Crippen LogP contribution is 2.48. The molecule has 6 atom stereocenters. The zero-order valence-electron chi connectivity index (χ0n) is 23.7. The molecule has 1 aliphatic rings. The van der Waals surface area contributed by atoms with Gasteiger partial charge >= 0.3 is 41.8 Å². The van der Waals surface area contributed by atoms with Crippen LogP contribution in [0.4, 0.5) is 0 Å². The molecule has 40 heavy (non-hydrogen) atoms. The molecule has 0 saturated carbocycles. The molecule has 0 radical (unpaired) electrons. The number of esters is 6. The molecule has 0 amide bonds. The molecule has 1 rings (SSSR count). The summed E-state index contributed by atoms with van der Waals surface area (Å²) in [5, 5.41) is -0.318. The van der Waals surface area contributed by atoms with Crippen molar-refractivity contribution in [2.75, 3.05) is 13.7 Å². The quantitative estimate of drug-likeness (QED) is 0.224. The lowest BCUT2D eigenvalue weighted by Crippen LogP contribution is -2.59. The van der Waals surface area contributed by atoms with Gasteiger partial charge in [0.1, 0.15) is 12.0 Å². The summed E-state index contributed by atoms with van der Waals surface area (Å²) in [6.07, 6.45) is -6.63. The monoisotopic (exact) mass is 593 g/mol. The van der Waals surface area contributed by atoms with E-state index < -0.39 is 89.0 Å². The van der Waals surface area contributed by atoms with Gasteiger partial charge in [0.05, 0.1) is 7.11 Å². The molecule has 1 saturated heterocycles. The van der Waals surface area contributed by atoms with Crippen LogP contribution in [-0.2, 0) is 66.8 Å². The highest BCUT2D eigenvalue weighted by molar-refractivity contribution is 8.01. The summed E-state index contributed by atoms with van der Waals surface area (Å²) in [6.45, 7) is 8.89.